The first kappa shape index (κ1) is 30.2. The molecule has 214 valence electrons. The summed E-state index contributed by atoms with van der Waals surface area (Å²) in [4.78, 5) is 16.6. The van der Waals surface area contributed by atoms with Gasteiger partial charge in [-0.05, 0) is 83.1 Å². The van der Waals surface area contributed by atoms with E-state index in [1.807, 2.05) is 13.0 Å². The van der Waals surface area contributed by atoms with Crippen molar-refractivity contribution in [2.45, 2.75) is 26.1 Å². The van der Waals surface area contributed by atoms with Crippen LogP contribution in [0, 0.1) is 9.39 Å². The lowest BCUT2D eigenvalue weighted by Gasteiger charge is -2.14. The second kappa shape index (κ2) is 13.8. The van der Waals surface area contributed by atoms with Gasteiger partial charge < -0.3 is 14.8 Å². The summed E-state index contributed by atoms with van der Waals surface area (Å²) in [6, 6.07) is 14.3. The summed E-state index contributed by atoms with van der Waals surface area (Å²) in [6.45, 7) is 2.48. The van der Waals surface area contributed by atoms with E-state index in [-0.39, 0.29) is 24.5 Å². The molecule has 0 saturated heterocycles. The van der Waals surface area contributed by atoms with Gasteiger partial charge in [0, 0.05) is 11.1 Å². The molecule has 0 saturated carbocycles. The summed E-state index contributed by atoms with van der Waals surface area (Å²) >= 11 is 3.28. The maximum atomic E-state index is 13.2. The van der Waals surface area contributed by atoms with E-state index in [9.17, 15) is 22.4 Å². The molecule has 0 radical (unpaired) electrons. The molecule has 0 bridgehead atoms. The molecule has 1 amide bonds. The van der Waals surface area contributed by atoms with Gasteiger partial charge in [-0.2, -0.15) is 18.3 Å². The van der Waals surface area contributed by atoms with Crippen LogP contribution >= 0.6 is 33.9 Å². The zero-order valence-corrected chi connectivity index (χ0v) is 24.4. The molecule has 13 heteroatoms. The van der Waals surface area contributed by atoms with Gasteiger partial charge in [0.15, 0.2) is 16.6 Å². The summed E-state index contributed by atoms with van der Waals surface area (Å²) < 4.78 is 64.4. The minimum absolute atomic E-state index is 0.0734. The number of carbonyl (C=O) groups excluding carboxylic acids is 1. The number of thiazole rings is 1. The van der Waals surface area contributed by atoms with Gasteiger partial charge in [-0.15, -0.1) is 11.3 Å². The number of nitrogens with zero attached hydrogens (tertiary/aromatic N) is 2. The highest BCUT2D eigenvalue weighted by Gasteiger charge is 2.30. The van der Waals surface area contributed by atoms with E-state index in [1.165, 1.54) is 41.8 Å². The molecule has 0 aliphatic heterocycles. The van der Waals surface area contributed by atoms with Gasteiger partial charge in [0.05, 0.1) is 34.1 Å². The van der Waals surface area contributed by atoms with Crippen molar-refractivity contribution in [3.63, 3.8) is 0 Å². The first-order chi connectivity index (χ1) is 19.6. The SMILES string of the molecule is CCOc1cc(/C=N\NC(=O)Cc2csc(Nc3cccc(C(F)(F)F)c3)n2)cc(I)c1OCc1ccc(F)cc1. The van der Waals surface area contributed by atoms with Crippen LogP contribution in [-0.2, 0) is 24.0 Å². The zero-order valence-electron chi connectivity index (χ0n) is 21.5. The van der Waals surface area contributed by atoms with Crippen LogP contribution in [0.5, 0.6) is 11.5 Å². The Labute approximate surface area is 250 Å². The van der Waals surface area contributed by atoms with E-state index in [2.05, 4.69) is 43.4 Å². The average molecular weight is 698 g/mol. The van der Waals surface area contributed by atoms with Gasteiger partial charge in [-0.25, -0.2) is 14.8 Å². The molecular formula is C28H23F4IN4O3S. The number of alkyl halides is 3. The number of benzene rings is 3. The highest BCUT2D eigenvalue weighted by atomic mass is 127. The van der Waals surface area contributed by atoms with Crippen LogP contribution in [0.25, 0.3) is 0 Å². The quantitative estimate of drug-likeness (QED) is 0.0743. The highest BCUT2D eigenvalue weighted by Crippen LogP contribution is 2.35. The van der Waals surface area contributed by atoms with Gasteiger partial charge in [0.2, 0.25) is 5.91 Å². The number of ether oxygens (including phenoxy) is 2. The minimum atomic E-state index is -4.45. The predicted molar refractivity (Wildman–Crippen MR) is 157 cm³/mol. The third-order valence-electron chi connectivity index (χ3n) is 5.37. The van der Waals surface area contributed by atoms with Crippen molar-refractivity contribution in [2.24, 2.45) is 5.10 Å². The predicted octanol–water partition coefficient (Wildman–Crippen LogP) is 7.32. The molecule has 1 aromatic heterocycles. The summed E-state index contributed by atoms with van der Waals surface area (Å²) in [5.74, 6) is 0.293. The van der Waals surface area contributed by atoms with Crippen molar-refractivity contribution in [1.82, 2.24) is 10.4 Å². The summed E-state index contributed by atoms with van der Waals surface area (Å²) in [6.07, 6.45) is -3.06. The lowest BCUT2D eigenvalue weighted by atomic mass is 10.2. The fourth-order valence-corrected chi connectivity index (χ4v) is 5.04. The van der Waals surface area contributed by atoms with Gasteiger partial charge in [0.1, 0.15) is 12.4 Å². The molecule has 2 N–H and O–H groups in total. The molecule has 1 heterocycles. The molecule has 0 atom stereocenters. The number of anilines is 2. The maximum absolute atomic E-state index is 13.2. The Morgan fingerprint density at radius 2 is 1.90 bits per heavy atom. The molecule has 4 aromatic rings. The van der Waals surface area contributed by atoms with E-state index >= 15 is 0 Å². The Hall–Kier alpha value is -3.72. The van der Waals surface area contributed by atoms with Crippen molar-refractivity contribution in [1.29, 1.82) is 0 Å². The zero-order chi connectivity index (χ0) is 29.4. The standard InChI is InChI=1S/C28H23F4IN4O3S/c1-2-39-24-11-18(10-23(33)26(24)40-15-17-6-8-20(29)9-7-17)14-34-37-25(38)13-22-16-41-27(36-22)35-21-5-3-4-19(12-21)28(30,31)32/h3-12,14,16H,2,13,15H2,1H3,(H,35,36)(H,37,38)/b34-14-. The molecule has 7 nitrogen and oxygen atoms in total. The molecule has 4 rings (SSSR count). The average Bonchev–Trinajstić information content (AvgIpc) is 3.35. The number of hydrazone groups is 1. The number of rotatable bonds is 11. The Kier molecular flexibility index (Phi) is 10.2. The van der Waals surface area contributed by atoms with E-state index in [0.717, 1.165) is 21.3 Å². The first-order valence-electron chi connectivity index (χ1n) is 12.1. The van der Waals surface area contributed by atoms with Crippen LogP contribution in [-0.4, -0.2) is 23.7 Å². The number of hydrogen-bond acceptors (Lipinski definition) is 7. The van der Waals surface area contributed by atoms with Crippen LogP contribution in [0.4, 0.5) is 28.4 Å². The lowest BCUT2D eigenvalue weighted by Crippen LogP contribution is -2.20. The Morgan fingerprint density at radius 3 is 2.63 bits per heavy atom. The summed E-state index contributed by atoms with van der Waals surface area (Å²) in [5.41, 5.74) is 3.81. The fraction of sp³-hybridized carbons (Fsp3) is 0.179. The van der Waals surface area contributed by atoms with Crippen LogP contribution < -0.4 is 20.2 Å². The molecule has 41 heavy (non-hydrogen) atoms. The Balaban J connectivity index is 1.34. The van der Waals surface area contributed by atoms with Gasteiger partial charge in [-0.1, -0.05) is 18.2 Å². The molecule has 0 unspecified atom stereocenters. The normalized spacial score (nSPS) is 11.5. The maximum Gasteiger partial charge on any atom is 0.416 e. The van der Waals surface area contributed by atoms with Crippen LogP contribution in [0.1, 0.15) is 29.3 Å². The fourth-order valence-electron chi connectivity index (χ4n) is 3.53. The smallest absolute Gasteiger partial charge is 0.416 e. The molecular weight excluding hydrogens is 675 g/mol. The number of hydrogen-bond donors (Lipinski definition) is 2. The van der Waals surface area contributed by atoms with Gasteiger partial charge >= 0.3 is 6.18 Å². The molecule has 0 fully saturated rings. The summed E-state index contributed by atoms with van der Waals surface area (Å²) in [5, 5.41) is 8.84. The van der Waals surface area contributed by atoms with Crippen molar-refractivity contribution < 1.29 is 31.8 Å². The van der Waals surface area contributed by atoms with Crippen molar-refractivity contribution >= 4 is 56.9 Å². The van der Waals surface area contributed by atoms with Crippen LogP contribution in [0.3, 0.4) is 0 Å². The minimum Gasteiger partial charge on any atom is -0.490 e. The van der Waals surface area contributed by atoms with Crippen molar-refractivity contribution in [3.8, 4) is 11.5 Å². The topological polar surface area (TPSA) is 84.8 Å². The van der Waals surface area contributed by atoms with Crippen molar-refractivity contribution in [3.05, 3.63) is 97.8 Å². The van der Waals surface area contributed by atoms with Crippen molar-refractivity contribution in [2.75, 3.05) is 11.9 Å². The summed E-state index contributed by atoms with van der Waals surface area (Å²) in [7, 11) is 0. The number of amides is 1. The lowest BCUT2D eigenvalue weighted by molar-refractivity contribution is -0.137. The molecule has 0 aliphatic carbocycles. The van der Waals surface area contributed by atoms with E-state index in [4.69, 9.17) is 9.47 Å². The van der Waals surface area contributed by atoms with E-state index in [0.29, 0.717) is 34.5 Å². The van der Waals surface area contributed by atoms with Crippen LogP contribution in [0.15, 0.2) is 71.1 Å². The Bertz CT molecular complexity index is 1530. The second-order valence-electron chi connectivity index (χ2n) is 8.50. The molecule has 3 aromatic carbocycles. The van der Waals surface area contributed by atoms with Crippen LogP contribution in [0.2, 0.25) is 0 Å². The Morgan fingerprint density at radius 1 is 1.12 bits per heavy atom. The molecule has 0 spiro atoms. The number of aromatic nitrogens is 1. The molecule has 0 aliphatic rings. The van der Waals surface area contributed by atoms with E-state index < -0.39 is 17.6 Å². The second-order valence-corrected chi connectivity index (χ2v) is 10.5. The number of halogens is 5. The number of nitrogens with one attached hydrogen (secondary N) is 2. The van der Waals surface area contributed by atoms with E-state index in [1.54, 1.807) is 23.6 Å². The van der Waals surface area contributed by atoms with Gasteiger partial charge in [-0.3, -0.25) is 4.79 Å². The largest absolute Gasteiger partial charge is 0.490 e. The number of carbonyl (C=O) groups is 1. The third-order valence-corrected chi connectivity index (χ3v) is 6.97. The first-order valence-corrected chi connectivity index (χ1v) is 14.1. The monoisotopic (exact) mass is 698 g/mol. The third kappa shape index (κ3) is 8.88. The van der Waals surface area contributed by atoms with Gasteiger partial charge in [0.25, 0.3) is 0 Å². The highest BCUT2D eigenvalue weighted by molar-refractivity contribution is 14.1.